The molecule has 170 valence electrons. The van der Waals surface area contributed by atoms with Gasteiger partial charge >= 0.3 is 5.97 Å². The molecule has 0 aliphatic carbocycles. The molecule has 5 aromatic rings. The average Bonchev–Trinajstić information content (AvgIpc) is 3.20. The van der Waals surface area contributed by atoms with E-state index in [0.717, 1.165) is 28.1 Å². The van der Waals surface area contributed by atoms with E-state index in [1.54, 1.807) is 19.1 Å². The van der Waals surface area contributed by atoms with Crippen LogP contribution in [0.3, 0.4) is 0 Å². The molecule has 0 bridgehead atoms. The monoisotopic (exact) mass is 450 g/mol. The van der Waals surface area contributed by atoms with Crippen LogP contribution >= 0.6 is 0 Å². The van der Waals surface area contributed by atoms with Crippen LogP contribution in [0.1, 0.15) is 43.6 Å². The van der Waals surface area contributed by atoms with Crippen LogP contribution in [-0.4, -0.2) is 32.1 Å². The van der Waals surface area contributed by atoms with Gasteiger partial charge in [-0.2, -0.15) is 0 Å². The van der Waals surface area contributed by atoms with Crippen molar-refractivity contribution in [2.24, 2.45) is 0 Å². The third-order valence-electron chi connectivity index (χ3n) is 5.82. The quantitative estimate of drug-likeness (QED) is 0.309. The second kappa shape index (κ2) is 8.37. The van der Waals surface area contributed by atoms with Crippen molar-refractivity contribution in [2.45, 2.75) is 33.1 Å². The van der Waals surface area contributed by atoms with Gasteiger partial charge in [0, 0.05) is 11.3 Å². The van der Waals surface area contributed by atoms with Gasteiger partial charge in [0.05, 0.1) is 23.2 Å². The fourth-order valence-corrected chi connectivity index (χ4v) is 3.98. The van der Waals surface area contributed by atoms with Crippen LogP contribution in [0.4, 0.5) is 0 Å². The molecule has 3 aromatic carbocycles. The van der Waals surface area contributed by atoms with Crippen molar-refractivity contribution in [1.29, 1.82) is 0 Å². The van der Waals surface area contributed by atoms with E-state index in [1.807, 2.05) is 41.0 Å². The fraction of sp³-hybridized carbons (Fsp3) is 0.214. The van der Waals surface area contributed by atoms with Crippen LogP contribution in [0.25, 0.3) is 39.4 Å². The molecule has 0 spiro atoms. The molecule has 6 heteroatoms. The van der Waals surface area contributed by atoms with Gasteiger partial charge in [-0.3, -0.25) is 4.57 Å². The van der Waals surface area contributed by atoms with Crippen LogP contribution in [0, 0.1) is 0 Å². The highest BCUT2D eigenvalue weighted by Crippen LogP contribution is 2.30. The molecular weight excluding hydrogens is 424 g/mol. The molecule has 34 heavy (non-hydrogen) atoms. The van der Waals surface area contributed by atoms with Crippen LogP contribution in [0.15, 0.2) is 72.8 Å². The first-order chi connectivity index (χ1) is 16.3. The molecule has 0 saturated carbocycles. The summed E-state index contributed by atoms with van der Waals surface area (Å²) in [6.45, 7) is 8.72. The first kappa shape index (κ1) is 21.8. The largest absolute Gasteiger partial charge is 0.462 e. The van der Waals surface area contributed by atoms with Gasteiger partial charge in [-0.1, -0.05) is 57.2 Å². The molecule has 0 aliphatic heterocycles. The van der Waals surface area contributed by atoms with E-state index < -0.39 is 0 Å². The Labute approximate surface area is 198 Å². The number of esters is 1. The smallest absolute Gasteiger partial charge is 0.338 e. The number of hydrogen-bond acceptors (Lipinski definition) is 5. The zero-order valence-corrected chi connectivity index (χ0v) is 19.7. The number of hydrogen-bond donors (Lipinski definition) is 0. The highest BCUT2D eigenvalue weighted by atomic mass is 16.5. The summed E-state index contributed by atoms with van der Waals surface area (Å²) in [5, 5.41) is 0. The lowest BCUT2D eigenvalue weighted by Crippen LogP contribution is -2.10. The number of rotatable bonds is 4. The molecule has 0 radical (unpaired) electrons. The van der Waals surface area contributed by atoms with Gasteiger partial charge in [-0.05, 0) is 54.3 Å². The molecule has 0 amide bonds. The van der Waals surface area contributed by atoms with Crippen LogP contribution in [-0.2, 0) is 10.2 Å². The molecule has 0 N–H and O–H groups in total. The number of ether oxygens (including phenoxy) is 1. The Hall–Kier alpha value is -4.06. The molecule has 0 unspecified atom stereocenters. The number of fused-ring (bicyclic) bond motifs is 2. The Morgan fingerprint density at radius 3 is 2.12 bits per heavy atom. The van der Waals surface area contributed by atoms with Gasteiger partial charge in [0.25, 0.3) is 0 Å². The van der Waals surface area contributed by atoms with E-state index in [2.05, 4.69) is 45.0 Å². The summed E-state index contributed by atoms with van der Waals surface area (Å²) in [7, 11) is 0. The van der Waals surface area contributed by atoms with Crippen molar-refractivity contribution in [3.63, 3.8) is 0 Å². The van der Waals surface area contributed by atoms with Crippen molar-refractivity contribution in [1.82, 2.24) is 19.5 Å². The second-order valence-corrected chi connectivity index (χ2v) is 9.23. The van der Waals surface area contributed by atoms with E-state index in [0.29, 0.717) is 23.5 Å². The maximum Gasteiger partial charge on any atom is 0.338 e. The number of aromatic nitrogens is 4. The maximum absolute atomic E-state index is 12.1. The third kappa shape index (κ3) is 3.92. The van der Waals surface area contributed by atoms with Crippen LogP contribution in [0.2, 0.25) is 0 Å². The topological polar surface area (TPSA) is 69.9 Å². The Bertz CT molecular complexity index is 1490. The molecule has 0 aliphatic rings. The zero-order chi connectivity index (χ0) is 23.9. The zero-order valence-electron chi connectivity index (χ0n) is 19.7. The van der Waals surface area contributed by atoms with Crippen molar-refractivity contribution in [3.8, 4) is 17.1 Å². The summed E-state index contributed by atoms with van der Waals surface area (Å²) in [6, 6.07) is 23.5. The summed E-state index contributed by atoms with van der Waals surface area (Å²) in [5.41, 5.74) is 6.45. The molecule has 6 nitrogen and oxygen atoms in total. The second-order valence-electron chi connectivity index (χ2n) is 9.23. The number of imidazole rings is 1. The minimum Gasteiger partial charge on any atom is -0.462 e. The summed E-state index contributed by atoms with van der Waals surface area (Å²) >= 11 is 0. The van der Waals surface area contributed by atoms with Gasteiger partial charge < -0.3 is 4.74 Å². The minimum atomic E-state index is -0.340. The number of nitrogens with zero attached hydrogens (tertiary/aromatic N) is 4. The van der Waals surface area contributed by atoms with E-state index >= 15 is 0 Å². The van der Waals surface area contributed by atoms with E-state index in [9.17, 15) is 4.79 Å². The van der Waals surface area contributed by atoms with E-state index in [-0.39, 0.29) is 11.4 Å². The Morgan fingerprint density at radius 2 is 1.50 bits per heavy atom. The summed E-state index contributed by atoms with van der Waals surface area (Å²) in [4.78, 5) is 26.7. The minimum absolute atomic E-state index is 0.0580. The Morgan fingerprint density at radius 1 is 0.853 bits per heavy atom. The Kier molecular flexibility index (Phi) is 5.36. The lowest BCUT2D eigenvalue weighted by atomic mass is 9.87. The van der Waals surface area contributed by atoms with Crippen molar-refractivity contribution < 1.29 is 9.53 Å². The van der Waals surface area contributed by atoms with E-state index in [4.69, 9.17) is 19.7 Å². The standard InChI is InChI=1S/C28H26N4O2/c1-5-34-27(33)19-12-16-21(17-13-19)32-25(18-10-14-20(15-11-18)28(2,3)4)31-24-26(32)30-23-9-7-6-8-22(23)29-24/h6-17H,5H2,1-4H3. The highest BCUT2D eigenvalue weighted by Gasteiger charge is 2.19. The number of para-hydroxylation sites is 2. The van der Waals surface area contributed by atoms with Gasteiger partial charge in [-0.15, -0.1) is 0 Å². The van der Waals surface area contributed by atoms with Gasteiger partial charge in [0.2, 0.25) is 0 Å². The number of benzene rings is 3. The fourth-order valence-electron chi connectivity index (χ4n) is 3.98. The van der Waals surface area contributed by atoms with Crippen LogP contribution < -0.4 is 0 Å². The number of carbonyl (C=O) groups is 1. The SMILES string of the molecule is CCOC(=O)c1ccc(-n2c(-c3ccc(C(C)(C)C)cc3)nc3nc4ccccc4nc32)cc1. The predicted molar refractivity (Wildman–Crippen MR) is 134 cm³/mol. The lowest BCUT2D eigenvalue weighted by molar-refractivity contribution is 0.0526. The van der Waals surface area contributed by atoms with Crippen LogP contribution in [0.5, 0.6) is 0 Å². The third-order valence-corrected chi connectivity index (χ3v) is 5.82. The summed E-state index contributed by atoms with van der Waals surface area (Å²) in [6.07, 6.45) is 0. The molecule has 0 fully saturated rings. The molecular formula is C28H26N4O2. The van der Waals surface area contributed by atoms with Gasteiger partial charge in [-0.25, -0.2) is 19.7 Å². The summed E-state index contributed by atoms with van der Waals surface area (Å²) in [5.74, 6) is 0.406. The molecule has 0 atom stereocenters. The average molecular weight is 451 g/mol. The molecule has 2 aromatic heterocycles. The van der Waals surface area contributed by atoms with Crippen molar-refractivity contribution in [3.05, 3.63) is 83.9 Å². The predicted octanol–water partition coefficient (Wildman–Crippen LogP) is 6.11. The summed E-state index contributed by atoms with van der Waals surface area (Å²) < 4.78 is 7.12. The van der Waals surface area contributed by atoms with Crippen molar-refractivity contribution in [2.75, 3.05) is 6.61 Å². The first-order valence-electron chi connectivity index (χ1n) is 11.4. The normalized spacial score (nSPS) is 11.8. The molecule has 2 heterocycles. The Balaban J connectivity index is 1.71. The first-order valence-corrected chi connectivity index (χ1v) is 11.4. The molecule has 5 rings (SSSR count). The highest BCUT2D eigenvalue weighted by molar-refractivity contribution is 5.90. The van der Waals surface area contributed by atoms with Crippen molar-refractivity contribution >= 4 is 28.3 Å². The molecule has 0 saturated heterocycles. The van der Waals surface area contributed by atoms with E-state index in [1.165, 1.54) is 5.56 Å². The van der Waals surface area contributed by atoms with Gasteiger partial charge in [0.1, 0.15) is 5.82 Å². The lowest BCUT2D eigenvalue weighted by Gasteiger charge is -2.19. The maximum atomic E-state index is 12.1. The number of carbonyl (C=O) groups excluding carboxylic acids is 1. The van der Waals surface area contributed by atoms with Gasteiger partial charge in [0.15, 0.2) is 11.3 Å².